The van der Waals surface area contributed by atoms with Crippen molar-refractivity contribution in [3.63, 3.8) is 0 Å². The molecule has 2 aliphatic carbocycles. The molecular formula is C19H29N3O2. The molecule has 2 saturated carbocycles. The normalized spacial score (nSPS) is 21.3. The zero-order chi connectivity index (χ0) is 16.5. The van der Waals surface area contributed by atoms with Crippen LogP contribution in [0.3, 0.4) is 0 Å². The molecule has 0 N–H and O–H groups in total. The van der Waals surface area contributed by atoms with Crippen LogP contribution >= 0.6 is 0 Å². The smallest absolute Gasteiger partial charge is 0.223 e. The average Bonchev–Trinajstić information content (AvgIpc) is 3.13. The van der Waals surface area contributed by atoms with Crippen LogP contribution in [0.1, 0.15) is 61.9 Å². The van der Waals surface area contributed by atoms with E-state index in [1.54, 1.807) is 7.11 Å². The molecule has 2 heterocycles. The summed E-state index contributed by atoms with van der Waals surface area (Å²) in [7, 11) is 1.72. The van der Waals surface area contributed by atoms with Gasteiger partial charge in [0.25, 0.3) is 0 Å². The fraction of sp³-hybridized carbons (Fsp3) is 0.789. The molecule has 132 valence electrons. The van der Waals surface area contributed by atoms with Crippen molar-refractivity contribution in [2.45, 2.75) is 71.1 Å². The molecular weight excluding hydrogens is 302 g/mol. The van der Waals surface area contributed by atoms with Gasteiger partial charge in [0.2, 0.25) is 5.91 Å². The molecule has 4 rings (SSSR count). The summed E-state index contributed by atoms with van der Waals surface area (Å²) in [4.78, 5) is 14.8. The van der Waals surface area contributed by atoms with Gasteiger partial charge < -0.3 is 9.64 Å². The highest BCUT2D eigenvalue weighted by Crippen LogP contribution is 2.33. The highest BCUT2D eigenvalue weighted by Gasteiger charge is 2.31. The molecule has 0 aromatic carbocycles. The molecule has 0 spiro atoms. The predicted octanol–water partition coefficient (Wildman–Crippen LogP) is 2.90. The van der Waals surface area contributed by atoms with E-state index in [-0.39, 0.29) is 0 Å². The van der Waals surface area contributed by atoms with Crippen molar-refractivity contribution >= 4 is 5.91 Å². The Balaban J connectivity index is 1.47. The Labute approximate surface area is 144 Å². The van der Waals surface area contributed by atoms with Gasteiger partial charge in [-0.05, 0) is 37.5 Å². The van der Waals surface area contributed by atoms with Crippen LogP contribution in [-0.4, -0.2) is 34.2 Å². The molecule has 5 nitrogen and oxygen atoms in total. The lowest BCUT2D eigenvalue weighted by molar-refractivity contribution is -0.133. The highest BCUT2D eigenvalue weighted by atomic mass is 16.5. The molecule has 0 atom stereocenters. The Kier molecular flexibility index (Phi) is 4.61. The van der Waals surface area contributed by atoms with Gasteiger partial charge >= 0.3 is 0 Å². The second kappa shape index (κ2) is 6.87. The third-order valence-corrected chi connectivity index (χ3v) is 5.92. The lowest BCUT2D eigenvalue weighted by Crippen LogP contribution is -2.37. The fourth-order valence-electron chi connectivity index (χ4n) is 4.31. The van der Waals surface area contributed by atoms with E-state index in [4.69, 9.17) is 9.84 Å². The zero-order valence-electron chi connectivity index (χ0n) is 14.8. The molecule has 3 aliphatic rings. The maximum Gasteiger partial charge on any atom is 0.223 e. The Morgan fingerprint density at radius 3 is 2.71 bits per heavy atom. The quantitative estimate of drug-likeness (QED) is 0.805. The summed E-state index contributed by atoms with van der Waals surface area (Å²) in [5, 5.41) is 4.81. The van der Waals surface area contributed by atoms with Crippen LogP contribution in [0.4, 0.5) is 0 Å². The first-order chi connectivity index (χ1) is 11.7. The van der Waals surface area contributed by atoms with Crippen molar-refractivity contribution < 1.29 is 9.53 Å². The third kappa shape index (κ3) is 3.37. The minimum Gasteiger partial charge on any atom is -0.378 e. The number of fused-ring (bicyclic) bond motifs is 1. The monoisotopic (exact) mass is 331 g/mol. The van der Waals surface area contributed by atoms with Gasteiger partial charge in [-0.2, -0.15) is 5.10 Å². The van der Waals surface area contributed by atoms with E-state index >= 15 is 0 Å². The first kappa shape index (κ1) is 16.1. The summed E-state index contributed by atoms with van der Waals surface area (Å²) in [5.74, 6) is 1.77. The largest absolute Gasteiger partial charge is 0.378 e. The second-order valence-corrected chi connectivity index (χ2v) is 7.85. The van der Waals surface area contributed by atoms with Crippen LogP contribution in [-0.2, 0) is 35.6 Å². The predicted molar refractivity (Wildman–Crippen MR) is 91.4 cm³/mol. The number of amides is 1. The SMILES string of the molecule is COCc1nn(CC2CC2)c2c1CN(C(=O)CC1CCCC1)CC2. The van der Waals surface area contributed by atoms with E-state index in [1.165, 1.54) is 49.8 Å². The Hall–Kier alpha value is -1.36. The summed E-state index contributed by atoms with van der Waals surface area (Å²) in [6, 6.07) is 0. The van der Waals surface area contributed by atoms with Crippen molar-refractivity contribution in [1.82, 2.24) is 14.7 Å². The van der Waals surface area contributed by atoms with E-state index in [1.807, 2.05) is 0 Å². The molecule has 0 bridgehead atoms. The molecule has 5 heteroatoms. The van der Waals surface area contributed by atoms with Crippen LogP contribution in [0, 0.1) is 11.8 Å². The Morgan fingerprint density at radius 1 is 1.21 bits per heavy atom. The van der Waals surface area contributed by atoms with Crippen LogP contribution < -0.4 is 0 Å². The second-order valence-electron chi connectivity index (χ2n) is 7.85. The van der Waals surface area contributed by atoms with Gasteiger partial charge in [-0.25, -0.2) is 0 Å². The van der Waals surface area contributed by atoms with E-state index in [2.05, 4.69) is 9.58 Å². The summed E-state index contributed by atoms with van der Waals surface area (Å²) in [5.41, 5.74) is 3.63. The fourth-order valence-corrected chi connectivity index (χ4v) is 4.31. The Bertz CT molecular complexity index is 600. The average molecular weight is 331 g/mol. The first-order valence-corrected chi connectivity index (χ1v) is 9.58. The number of carbonyl (C=O) groups is 1. The van der Waals surface area contributed by atoms with E-state index in [0.717, 1.165) is 44.1 Å². The van der Waals surface area contributed by atoms with Crippen LogP contribution in [0.15, 0.2) is 0 Å². The number of hydrogen-bond acceptors (Lipinski definition) is 3. The van der Waals surface area contributed by atoms with Crippen molar-refractivity contribution in [2.75, 3.05) is 13.7 Å². The van der Waals surface area contributed by atoms with Gasteiger partial charge in [0.05, 0.1) is 12.3 Å². The molecule has 1 aromatic rings. The molecule has 24 heavy (non-hydrogen) atoms. The van der Waals surface area contributed by atoms with E-state index < -0.39 is 0 Å². The number of carbonyl (C=O) groups excluding carboxylic acids is 1. The maximum atomic E-state index is 12.7. The third-order valence-electron chi connectivity index (χ3n) is 5.92. The number of aromatic nitrogens is 2. The highest BCUT2D eigenvalue weighted by molar-refractivity contribution is 5.76. The molecule has 0 saturated heterocycles. The van der Waals surface area contributed by atoms with Gasteiger partial charge in [0, 0.05) is 50.8 Å². The zero-order valence-corrected chi connectivity index (χ0v) is 14.8. The van der Waals surface area contributed by atoms with Gasteiger partial charge in [0.15, 0.2) is 0 Å². The minimum absolute atomic E-state index is 0.339. The maximum absolute atomic E-state index is 12.7. The molecule has 1 amide bonds. The van der Waals surface area contributed by atoms with Gasteiger partial charge in [-0.15, -0.1) is 0 Å². The summed E-state index contributed by atoms with van der Waals surface area (Å²) < 4.78 is 7.56. The lowest BCUT2D eigenvalue weighted by Gasteiger charge is -2.29. The first-order valence-electron chi connectivity index (χ1n) is 9.58. The van der Waals surface area contributed by atoms with Crippen molar-refractivity contribution in [3.05, 3.63) is 17.0 Å². The standard InChI is InChI=1S/C19H29N3O2/c1-24-13-17-16-12-21(19(23)10-14-4-2-3-5-14)9-8-18(16)22(20-17)11-15-6-7-15/h14-15H,2-13H2,1H3. The van der Waals surface area contributed by atoms with Crippen molar-refractivity contribution in [1.29, 1.82) is 0 Å². The molecule has 0 unspecified atom stereocenters. The van der Waals surface area contributed by atoms with Crippen molar-refractivity contribution in [2.24, 2.45) is 11.8 Å². The minimum atomic E-state index is 0.339. The number of rotatable bonds is 6. The molecule has 0 radical (unpaired) electrons. The number of nitrogens with zero attached hydrogens (tertiary/aromatic N) is 3. The van der Waals surface area contributed by atoms with Crippen LogP contribution in [0.5, 0.6) is 0 Å². The molecule has 2 fully saturated rings. The van der Waals surface area contributed by atoms with Crippen molar-refractivity contribution in [3.8, 4) is 0 Å². The number of ether oxygens (including phenoxy) is 1. The Morgan fingerprint density at radius 2 is 2.00 bits per heavy atom. The number of hydrogen-bond donors (Lipinski definition) is 0. The summed E-state index contributed by atoms with van der Waals surface area (Å²) in [6.07, 6.45) is 9.42. The lowest BCUT2D eigenvalue weighted by atomic mass is 10.0. The topological polar surface area (TPSA) is 47.4 Å². The van der Waals surface area contributed by atoms with Crippen LogP contribution in [0.25, 0.3) is 0 Å². The van der Waals surface area contributed by atoms with Crippen LogP contribution in [0.2, 0.25) is 0 Å². The van der Waals surface area contributed by atoms with Gasteiger partial charge in [-0.3, -0.25) is 9.48 Å². The van der Waals surface area contributed by atoms with E-state index in [9.17, 15) is 4.79 Å². The summed E-state index contributed by atoms with van der Waals surface area (Å²) in [6.45, 7) is 3.16. The van der Waals surface area contributed by atoms with Gasteiger partial charge in [-0.1, -0.05) is 12.8 Å². The molecule has 1 aromatic heterocycles. The van der Waals surface area contributed by atoms with Gasteiger partial charge in [0.1, 0.15) is 0 Å². The molecule has 1 aliphatic heterocycles. The summed E-state index contributed by atoms with van der Waals surface area (Å²) >= 11 is 0. The number of methoxy groups -OCH3 is 1. The van der Waals surface area contributed by atoms with E-state index in [0.29, 0.717) is 18.4 Å².